The van der Waals surface area contributed by atoms with Crippen molar-refractivity contribution in [3.05, 3.63) is 45.5 Å². The molecule has 0 amide bonds. The minimum atomic E-state index is -1.56. The van der Waals surface area contributed by atoms with Crippen LogP contribution in [0.4, 0.5) is 14.5 Å². The van der Waals surface area contributed by atoms with Crippen molar-refractivity contribution in [2.24, 2.45) is 0 Å². The number of nitrogens with zero attached hydrogens (tertiary/aromatic N) is 1. The zero-order chi connectivity index (χ0) is 19.0. The van der Waals surface area contributed by atoms with E-state index in [-0.39, 0.29) is 29.8 Å². The summed E-state index contributed by atoms with van der Waals surface area (Å²) >= 11 is 0. The lowest BCUT2D eigenvalue weighted by Crippen LogP contribution is -2.21. The van der Waals surface area contributed by atoms with Gasteiger partial charge in [-0.05, 0) is 31.0 Å². The quantitative estimate of drug-likeness (QED) is 0.776. The van der Waals surface area contributed by atoms with E-state index in [1.165, 1.54) is 12.1 Å². The van der Waals surface area contributed by atoms with Crippen molar-refractivity contribution in [3.8, 4) is 17.0 Å². The molecule has 1 fully saturated rings. The van der Waals surface area contributed by atoms with Gasteiger partial charge < -0.3 is 20.1 Å². The normalized spacial score (nSPS) is 16.9. The number of pyridine rings is 1. The third-order valence-corrected chi connectivity index (χ3v) is 4.58. The van der Waals surface area contributed by atoms with E-state index in [1.54, 1.807) is 17.9 Å². The topological polar surface area (TPSA) is 93.6 Å². The van der Waals surface area contributed by atoms with Crippen molar-refractivity contribution < 1.29 is 23.8 Å². The van der Waals surface area contributed by atoms with Crippen molar-refractivity contribution in [2.45, 2.75) is 25.9 Å². The fraction of sp³-hybridized carbons (Fsp3) is 0.333. The predicted molar refractivity (Wildman–Crippen MR) is 92.2 cm³/mol. The fourth-order valence-corrected chi connectivity index (χ4v) is 3.26. The van der Waals surface area contributed by atoms with Crippen LogP contribution in [-0.2, 0) is 6.42 Å². The third kappa shape index (κ3) is 3.02. The molecule has 0 unspecified atom stereocenters. The Balaban J connectivity index is 2.09. The molecule has 1 saturated heterocycles. The first-order valence-corrected chi connectivity index (χ1v) is 8.23. The van der Waals surface area contributed by atoms with Crippen LogP contribution in [0.3, 0.4) is 0 Å². The molecular formula is C18H18F2N2O4. The van der Waals surface area contributed by atoms with Gasteiger partial charge in [-0.3, -0.25) is 4.79 Å². The van der Waals surface area contributed by atoms with E-state index in [2.05, 4.69) is 4.98 Å². The zero-order valence-corrected chi connectivity index (χ0v) is 14.1. The van der Waals surface area contributed by atoms with Crippen LogP contribution in [0.2, 0.25) is 0 Å². The second-order valence-corrected chi connectivity index (χ2v) is 6.19. The molecule has 0 saturated carbocycles. The molecule has 1 aliphatic heterocycles. The molecular weight excluding hydrogens is 346 g/mol. The van der Waals surface area contributed by atoms with Gasteiger partial charge in [-0.15, -0.1) is 0 Å². The number of hydrogen-bond acceptors (Lipinski definition) is 4. The van der Waals surface area contributed by atoms with Crippen LogP contribution in [0.5, 0.6) is 5.75 Å². The van der Waals surface area contributed by atoms with Crippen molar-refractivity contribution in [1.29, 1.82) is 0 Å². The molecule has 0 bridgehead atoms. The largest absolute Gasteiger partial charge is 0.506 e. The number of aromatic amines is 1. The minimum Gasteiger partial charge on any atom is -0.506 e. The van der Waals surface area contributed by atoms with Gasteiger partial charge in [0, 0.05) is 29.9 Å². The Hall–Kier alpha value is -2.90. The van der Waals surface area contributed by atoms with Gasteiger partial charge in [0.15, 0.2) is 5.56 Å². The van der Waals surface area contributed by atoms with Crippen molar-refractivity contribution in [2.75, 3.05) is 18.0 Å². The molecule has 2 aromatic rings. The summed E-state index contributed by atoms with van der Waals surface area (Å²) in [5.41, 5.74) is -1.05. The van der Waals surface area contributed by atoms with Gasteiger partial charge in [-0.25, -0.2) is 13.6 Å². The van der Waals surface area contributed by atoms with Gasteiger partial charge in [0.05, 0.1) is 5.69 Å². The lowest BCUT2D eigenvalue weighted by atomic mass is 10.00. The van der Waals surface area contributed by atoms with Gasteiger partial charge in [0.1, 0.15) is 17.7 Å². The maximum Gasteiger partial charge on any atom is 0.345 e. The lowest BCUT2D eigenvalue weighted by molar-refractivity contribution is 0.0691. The Labute approximate surface area is 147 Å². The third-order valence-electron chi connectivity index (χ3n) is 4.58. The number of alkyl halides is 1. The lowest BCUT2D eigenvalue weighted by Gasteiger charge is -2.19. The average Bonchev–Trinajstić information content (AvgIpc) is 3.00. The Morgan fingerprint density at radius 3 is 2.69 bits per heavy atom. The molecule has 26 heavy (non-hydrogen) atoms. The summed E-state index contributed by atoms with van der Waals surface area (Å²) in [6, 6.07) is 4.28. The minimum absolute atomic E-state index is 0.0333. The molecule has 0 radical (unpaired) electrons. The molecule has 1 atom stereocenters. The molecule has 1 aromatic carbocycles. The molecule has 2 heterocycles. The number of nitrogens with one attached hydrogen (secondary N) is 1. The predicted octanol–water partition coefficient (Wildman–Crippen LogP) is 2.70. The molecule has 0 spiro atoms. The number of H-pyrrole nitrogens is 1. The maximum atomic E-state index is 14.7. The number of aromatic nitrogens is 1. The number of carbonyl (C=O) groups is 1. The standard InChI is InChI=1S/C18H18F2N2O4/c1-2-11-15(21-17(24)14(16(11)23)18(25)26)12-4-3-10(7-13(12)20)22-6-5-9(19)8-22/h3-4,7,9H,2,5-6,8H2,1H3,(H,25,26)(H2,21,23,24)/t9-/m0/s1. The summed E-state index contributed by atoms with van der Waals surface area (Å²) in [5, 5.41) is 19.2. The molecule has 8 heteroatoms. The number of carboxylic acids is 1. The molecule has 3 rings (SSSR count). The second kappa shape index (κ2) is 6.78. The zero-order valence-electron chi connectivity index (χ0n) is 14.1. The van der Waals surface area contributed by atoms with Crippen LogP contribution >= 0.6 is 0 Å². The van der Waals surface area contributed by atoms with Crippen molar-refractivity contribution >= 4 is 11.7 Å². The van der Waals surface area contributed by atoms with E-state index in [4.69, 9.17) is 5.11 Å². The number of halogens is 2. The van der Waals surface area contributed by atoms with Crippen molar-refractivity contribution in [1.82, 2.24) is 4.98 Å². The highest BCUT2D eigenvalue weighted by molar-refractivity contribution is 5.92. The summed E-state index contributed by atoms with van der Waals surface area (Å²) in [7, 11) is 0. The highest BCUT2D eigenvalue weighted by Gasteiger charge is 2.25. The van der Waals surface area contributed by atoms with Crippen LogP contribution < -0.4 is 10.5 Å². The average molecular weight is 364 g/mol. The number of hydrogen-bond donors (Lipinski definition) is 3. The summed E-state index contributed by atoms with van der Waals surface area (Å²) in [5.74, 6) is -2.88. The van der Waals surface area contributed by atoms with Gasteiger partial charge in [-0.1, -0.05) is 6.92 Å². The number of carboxylic acid groups (broad SMARTS) is 1. The van der Waals surface area contributed by atoms with Crippen LogP contribution in [0.15, 0.2) is 23.0 Å². The molecule has 138 valence electrons. The van der Waals surface area contributed by atoms with Crippen LogP contribution in [0.25, 0.3) is 11.3 Å². The molecule has 1 aromatic heterocycles. The molecule has 1 aliphatic rings. The highest BCUT2D eigenvalue weighted by Crippen LogP contribution is 2.33. The smallest absolute Gasteiger partial charge is 0.345 e. The summed E-state index contributed by atoms with van der Waals surface area (Å²) in [6.07, 6.45) is -0.364. The van der Waals surface area contributed by atoms with E-state index in [1.807, 2.05) is 0 Å². The Kier molecular flexibility index (Phi) is 4.67. The molecule has 3 N–H and O–H groups in total. The van der Waals surface area contributed by atoms with E-state index < -0.39 is 34.8 Å². The van der Waals surface area contributed by atoms with E-state index in [9.17, 15) is 23.5 Å². The number of benzene rings is 1. The highest BCUT2D eigenvalue weighted by atomic mass is 19.1. The van der Waals surface area contributed by atoms with Crippen molar-refractivity contribution in [3.63, 3.8) is 0 Å². The Morgan fingerprint density at radius 1 is 1.42 bits per heavy atom. The number of anilines is 1. The number of aromatic carboxylic acids is 1. The first-order valence-electron chi connectivity index (χ1n) is 8.23. The van der Waals surface area contributed by atoms with Crippen LogP contribution in [0, 0.1) is 5.82 Å². The number of aromatic hydroxyl groups is 1. The maximum absolute atomic E-state index is 14.7. The second-order valence-electron chi connectivity index (χ2n) is 6.19. The van der Waals surface area contributed by atoms with E-state index >= 15 is 0 Å². The van der Waals surface area contributed by atoms with Gasteiger partial charge >= 0.3 is 5.97 Å². The molecule has 6 nitrogen and oxygen atoms in total. The first-order chi connectivity index (χ1) is 12.3. The van der Waals surface area contributed by atoms with Gasteiger partial charge in [0.25, 0.3) is 5.56 Å². The van der Waals surface area contributed by atoms with Crippen LogP contribution in [-0.4, -0.2) is 40.4 Å². The Morgan fingerprint density at radius 2 is 2.15 bits per heavy atom. The summed E-state index contributed by atoms with van der Waals surface area (Å²) in [4.78, 5) is 27.2. The van der Waals surface area contributed by atoms with E-state index in [0.29, 0.717) is 18.7 Å². The summed E-state index contributed by atoms with van der Waals surface area (Å²) in [6.45, 7) is 2.34. The monoisotopic (exact) mass is 364 g/mol. The first kappa shape index (κ1) is 17.9. The SMILES string of the molecule is CCc1c(-c2ccc(N3CC[C@H](F)C3)cc2F)[nH]c(=O)c(C(=O)O)c1O. The van der Waals surface area contributed by atoms with Gasteiger partial charge in [-0.2, -0.15) is 0 Å². The fourth-order valence-electron chi connectivity index (χ4n) is 3.26. The van der Waals surface area contributed by atoms with E-state index in [0.717, 1.165) is 0 Å². The Bertz CT molecular complexity index is 926. The van der Waals surface area contributed by atoms with Gasteiger partial charge in [0.2, 0.25) is 0 Å². The van der Waals surface area contributed by atoms with Crippen LogP contribution in [0.1, 0.15) is 29.3 Å². The number of rotatable bonds is 4. The molecule has 0 aliphatic carbocycles. The summed E-state index contributed by atoms with van der Waals surface area (Å²) < 4.78 is 28.0.